The van der Waals surface area contributed by atoms with Crippen LogP contribution in [0.4, 0.5) is 0 Å². The number of pyridine rings is 1. The van der Waals surface area contributed by atoms with Crippen LogP contribution in [-0.4, -0.2) is 20.4 Å². The summed E-state index contributed by atoms with van der Waals surface area (Å²) in [6, 6.07) is 3.93. The third kappa shape index (κ3) is 1.88. The Bertz CT molecular complexity index is 502. The molecule has 2 aromatic heterocycles. The van der Waals surface area contributed by atoms with Crippen LogP contribution >= 0.6 is 0 Å². The Morgan fingerprint density at radius 3 is 3.00 bits per heavy atom. The quantitative estimate of drug-likeness (QED) is 0.760. The largest absolute Gasteiger partial charge is 0.299 e. The lowest BCUT2D eigenvalue weighted by molar-refractivity contribution is -0.118. The maximum absolute atomic E-state index is 11.4. The van der Waals surface area contributed by atoms with Gasteiger partial charge in [0.25, 0.3) is 0 Å². The van der Waals surface area contributed by atoms with Gasteiger partial charge in [-0.15, -0.1) is 0 Å². The van der Waals surface area contributed by atoms with Gasteiger partial charge in [0.2, 0.25) is 0 Å². The molecule has 78 valence electrons. The summed E-state index contributed by atoms with van der Waals surface area (Å²) in [7, 11) is 0. The van der Waals surface area contributed by atoms with E-state index < -0.39 is 0 Å². The van der Waals surface area contributed by atoms with E-state index in [1.165, 1.54) is 6.33 Å². The Balaban J connectivity index is 2.48. The molecule has 0 N–H and O–H groups in total. The number of rotatable bonds is 3. The normalized spacial score (nSPS) is 10.8. The zero-order valence-electron chi connectivity index (χ0n) is 8.90. The molecule has 0 aliphatic carbocycles. The monoisotopic (exact) mass is 203 g/mol. The molecular formula is C11H13N3O. The van der Waals surface area contributed by atoms with Crippen molar-refractivity contribution in [2.24, 2.45) is 0 Å². The number of Topliss-reactive ketones (excluding diaryl/α,β-unsaturated/α-hetero) is 1. The molecule has 0 radical (unpaired) electrons. The van der Waals surface area contributed by atoms with Crippen LogP contribution in [0, 0.1) is 6.92 Å². The molecule has 0 aliphatic heterocycles. The van der Waals surface area contributed by atoms with Gasteiger partial charge in [0.1, 0.15) is 12.1 Å². The van der Waals surface area contributed by atoms with Gasteiger partial charge in [-0.2, -0.15) is 5.10 Å². The van der Waals surface area contributed by atoms with E-state index in [2.05, 4.69) is 10.1 Å². The molecule has 4 nitrogen and oxygen atoms in total. The minimum absolute atomic E-state index is 0.220. The van der Waals surface area contributed by atoms with Crippen molar-refractivity contribution >= 4 is 11.4 Å². The molecular weight excluding hydrogens is 190 g/mol. The van der Waals surface area contributed by atoms with E-state index in [1.54, 1.807) is 4.52 Å². The van der Waals surface area contributed by atoms with Gasteiger partial charge in [-0.05, 0) is 24.6 Å². The van der Waals surface area contributed by atoms with Crippen LogP contribution in [0.3, 0.4) is 0 Å². The molecule has 0 atom stereocenters. The third-order valence-corrected chi connectivity index (χ3v) is 2.37. The van der Waals surface area contributed by atoms with E-state index >= 15 is 0 Å². The summed E-state index contributed by atoms with van der Waals surface area (Å²) in [5.74, 6) is 0.220. The van der Waals surface area contributed by atoms with Crippen molar-refractivity contribution in [3.63, 3.8) is 0 Å². The number of carbonyl (C=O) groups excluding carboxylic acids is 1. The first kappa shape index (κ1) is 9.83. The minimum atomic E-state index is 0.220. The van der Waals surface area contributed by atoms with Crippen LogP contribution in [0.2, 0.25) is 0 Å². The second-order valence-electron chi connectivity index (χ2n) is 3.62. The molecule has 4 heteroatoms. The Morgan fingerprint density at radius 1 is 1.47 bits per heavy atom. The zero-order valence-corrected chi connectivity index (χ0v) is 8.90. The smallest absolute Gasteiger partial charge is 0.155 e. The van der Waals surface area contributed by atoms with E-state index in [0.29, 0.717) is 12.8 Å². The first-order valence-electron chi connectivity index (χ1n) is 5.01. The summed E-state index contributed by atoms with van der Waals surface area (Å²) >= 11 is 0. The van der Waals surface area contributed by atoms with E-state index in [9.17, 15) is 4.79 Å². The van der Waals surface area contributed by atoms with Crippen molar-refractivity contribution < 1.29 is 4.79 Å². The number of carbonyl (C=O) groups is 1. The minimum Gasteiger partial charge on any atom is -0.299 e. The molecule has 0 unspecified atom stereocenters. The zero-order chi connectivity index (χ0) is 10.8. The number of nitrogens with zero attached hydrogens (tertiary/aromatic N) is 3. The SMILES string of the molecule is CCC(=O)Cc1cc(C)cc2ncnn12. The Hall–Kier alpha value is -1.71. The highest BCUT2D eigenvalue weighted by Gasteiger charge is 2.07. The van der Waals surface area contributed by atoms with E-state index in [0.717, 1.165) is 16.9 Å². The first-order chi connectivity index (χ1) is 7.20. The molecule has 0 fully saturated rings. The van der Waals surface area contributed by atoms with Crippen molar-refractivity contribution in [1.29, 1.82) is 0 Å². The summed E-state index contributed by atoms with van der Waals surface area (Å²) in [5.41, 5.74) is 2.82. The van der Waals surface area contributed by atoms with Crippen LogP contribution in [0.1, 0.15) is 24.6 Å². The average Bonchev–Trinajstić information content (AvgIpc) is 2.65. The van der Waals surface area contributed by atoms with Crippen LogP contribution in [0.25, 0.3) is 5.65 Å². The van der Waals surface area contributed by atoms with Crippen LogP contribution in [0.5, 0.6) is 0 Å². The Labute approximate surface area is 87.9 Å². The molecule has 0 saturated heterocycles. The molecule has 0 aromatic carbocycles. The summed E-state index contributed by atoms with van der Waals surface area (Å²) in [6.45, 7) is 3.87. The predicted molar refractivity (Wildman–Crippen MR) is 56.7 cm³/mol. The summed E-state index contributed by atoms with van der Waals surface area (Å²) < 4.78 is 1.72. The lowest BCUT2D eigenvalue weighted by Gasteiger charge is -2.04. The van der Waals surface area contributed by atoms with Crippen LogP contribution < -0.4 is 0 Å². The lowest BCUT2D eigenvalue weighted by atomic mass is 10.1. The van der Waals surface area contributed by atoms with Crippen LogP contribution in [-0.2, 0) is 11.2 Å². The van der Waals surface area contributed by atoms with Crippen molar-refractivity contribution in [2.75, 3.05) is 0 Å². The van der Waals surface area contributed by atoms with E-state index in [4.69, 9.17) is 0 Å². The molecule has 2 rings (SSSR count). The molecule has 0 bridgehead atoms. The van der Waals surface area contributed by atoms with Gasteiger partial charge in [-0.3, -0.25) is 4.79 Å². The Morgan fingerprint density at radius 2 is 2.27 bits per heavy atom. The first-order valence-corrected chi connectivity index (χ1v) is 5.01. The van der Waals surface area contributed by atoms with Crippen molar-refractivity contribution in [1.82, 2.24) is 14.6 Å². The predicted octanol–water partition coefficient (Wildman–Crippen LogP) is 1.56. The summed E-state index contributed by atoms with van der Waals surface area (Å²) in [6.07, 6.45) is 2.50. The number of ketones is 1. The molecule has 15 heavy (non-hydrogen) atoms. The van der Waals surface area contributed by atoms with Gasteiger partial charge in [0.15, 0.2) is 5.65 Å². The fourth-order valence-electron chi connectivity index (χ4n) is 1.59. The van der Waals surface area contributed by atoms with Gasteiger partial charge < -0.3 is 0 Å². The van der Waals surface area contributed by atoms with Crippen molar-refractivity contribution in [3.05, 3.63) is 29.7 Å². The number of aryl methyl sites for hydroxylation is 1. The van der Waals surface area contributed by atoms with Crippen molar-refractivity contribution in [3.8, 4) is 0 Å². The van der Waals surface area contributed by atoms with E-state index in [1.807, 2.05) is 26.0 Å². The number of hydrogen-bond donors (Lipinski definition) is 0. The fourth-order valence-corrected chi connectivity index (χ4v) is 1.59. The van der Waals surface area contributed by atoms with Gasteiger partial charge in [0, 0.05) is 12.8 Å². The highest BCUT2D eigenvalue weighted by atomic mass is 16.1. The topological polar surface area (TPSA) is 47.3 Å². The van der Waals surface area contributed by atoms with Crippen LogP contribution in [0.15, 0.2) is 18.5 Å². The highest BCUT2D eigenvalue weighted by Crippen LogP contribution is 2.09. The number of hydrogen-bond acceptors (Lipinski definition) is 3. The fraction of sp³-hybridized carbons (Fsp3) is 0.364. The van der Waals surface area contributed by atoms with Gasteiger partial charge in [0.05, 0.1) is 5.69 Å². The maximum atomic E-state index is 11.4. The average molecular weight is 203 g/mol. The number of fused-ring (bicyclic) bond motifs is 1. The van der Waals surface area contributed by atoms with Crippen molar-refractivity contribution in [2.45, 2.75) is 26.7 Å². The van der Waals surface area contributed by atoms with Gasteiger partial charge >= 0.3 is 0 Å². The summed E-state index contributed by atoms with van der Waals surface area (Å²) in [5, 5.41) is 4.10. The molecule has 0 amide bonds. The maximum Gasteiger partial charge on any atom is 0.155 e. The molecule has 0 spiro atoms. The summed E-state index contributed by atoms with van der Waals surface area (Å²) in [4.78, 5) is 15.5. The number of aromatic nitrogens is 3. The third-order valence-electron chi connectivity index (χ3n) is 2.37. The molecule has 0 saturated carbocycles. The van der Waals surface area contributed by atoms with E-state index in [-0.39, 0.29) is 5.78 Å². The standard InChI is InChI=1S/C11H13N3O/c1-3-10(15)6-9-4-8(2)5-11-12-7-13-14(9)11/h4-5,7H,3,6H2,1-2H3. The lowest BCUT2D eigenvalue weighted by Crippen LogP contribution is -2.07. The molecule has 2 heterocycles. The van der Waals surface area contributed by atoms with Gasteiger partial charge in [-0.1, -0.05) is 6.92 Å². The van der Waals surface area contributed by atoms with Gasteiger partial charge in [-0.25, -0.2) is 9.50 Å². The highest BCUT2D eigenvalue weighted by molar-refractivity contribution is 5.80. The molecule has 2 aromatic rings. The second-order valence-corrected chi connectivity index (χ2v) is 3.62. The second kappa shape index (κ2) is 3.81. The molecule has 0 aliphatic rings. The Kier molecular flexibility index (Phi) is 2.49.